The maximum atomic E-state index is 12.6. The molecule has 0 aromatic heterocycles. The minimum absolute atomic E-state index is 0.177. The summed E-state index contributed by atoms with van der Waals surface area (Å²) in [6.45, 7) is 2.92. The summed E-state index contributed by atoms with van der Waals surface area (Å²) in [6.07, 6.45) is 1.46. The number of nitrogens with one attached hydrogen (secondary N) is 3. The van der Waals surface area contributed by atoms with E-state index in [4.69, 9.17) is 18.9 Å². The number of halogens is 2. The van der Waals surface area contributed by atoms with E-state index >= 15 is 0 Å². The fourth-order valence-electron chi connectivity index (χ4n) is 3.74. The van der Waals surface area contributed by atoms with Crippen LogP contribution < -0.4 is 30.3 Å². The van der Waals surface area contributed by atoms with Gasteiger partial charge in [0.15, 0.2) is 24.7 Å². The number of carbonyl (C=O) groups excluding carboxylic acids is 4. The van der Waals surface area contributed by atoms with E-state index in [9.17, 15) is 19.2 Å². The number of nitrogens with zero attached hydrogens (tertiary/aromatic N) is 1. The third kappa shape index (κ3) is 8.70. The van der Waals surface area contributed by atoms with Crippen LogP contribution in [-0.4, -0.2) is 64.1 Å². The van der Waals surface area contributed by atoms with E-state index in [1.807, 2.05) is 0 Å². The Hall–Kier alpha value is -3.61. The quantitative estimate of drug-likeness (QED) is 0.127. The summed E-state index contributed by atoms with van der Waals surface area (Å²) < 4.78 is 27.8. The third-order valence-electron chi connectivity index (χ3n) is 5.63. The molecule has 224 valence electrons. The molecule has 2 aromatic carbocycles. The van der Waals surface area contributed by atoms with Gasteiger partial charge in [-0.15, -0.1) is 0 Å². The van der Waals surface area contributed by atoms with Gasteiger partial charge < -0.3 is 34.3 Å². The molecule has 0 saturated heterocycles. The van der Waals surface area contributed by atoms with Gasteiger partial charge in [0.25, 0.3) is 5.91 Å². The molecule has 0 unspecified atom stereocenters. The van der Waals surface area contributed by atoms with E-state index in [0.717, 1.165) is 7.14 Å². The summed E-state index contributed by atoms with van der Waals surface area (Å²) in [5, 5.41) is 9.28. The van der Waals surface area contributed by atoms with Crippen LogP contribution in [0, 0.1) is 7.14 Å². The Bertz CT molecular complexity index is 1410. The summed E-state index contributed by atoms with van der Waals surface area (Å²) in [7, 11) is 2.71. The highest BCUT2D eigenvalue weighted by Crippen LogP contribution is 2.34. The zero-order valence-corrected chi connectivity index (χ0v) is 27.4. The molecular weight excluding hydrogens is 778 g/mol. The summed E-state index contributed by atoms with van der Waals surface area (Å²) in [5.74, 6) is -0.468. The Kier molecular flexibility index (Phi) is 12.2. The predicted molar refractivity (Wildman–Crippen MR) is 167 cm³/mol. The molecule has 0 fully saturated rings. The number of amides is 3. The lowest BCUT2D eigenvalue weighted by atomic mass is 9.95. The standard InChI is InChI=1S/C27H28I2N4O9/c1-5-40-26(36)23-14(2)31-27(37)32-24(23)16-6-7-19(20(10-16)38-3)41-12-21(34)33-30-11-15-8-17(28)25(18(29)9-15)42-13-22(35)39-4/h6-11,24H,5,12-13H2,1-4H3,(H,33,34)(H2,31,32,37)/b30-11-/t24-/m1/s1. The number of hydrogen-bond acceptors (Lipinski definition) is 10. The first-order valence-corrected chi connectivity index (χ1v) is 14.5. The molecule has 1 heterocycles. The molecule has 42 heavy (non-hydrogen) atoms. The van der Waals surface area contributed by atoms with Crippen LogP contribution in [0.1, 0.15) is 31.0 Å². The van der Waals surface area contributed by atoms with Crippen molar-refractivity contribution in [2.24, 2.45) is 5.10 Å². The fourth-order valence-corrected chi connectivity index (χ4v) is 5.87. The van der Waals surface area contributed by atoms with Crippen molar-refractivity contribution >= 4 is 75.3 Å². The van der Waals surface area contributed by atoms with Gasteiger partial charge in [0.2, 0.25) is 0 Å². The second-order valence-electron chi connectivity index (χ2n) is 8.46. The topological polar surface area (TPSA) is 163 Å². The number of ether oxygens (including phenoxy) is 5. The minimum Gasteiger partial charge on any atom is -0.493 e. The molecule has 2 aromatic rings. The van der Waals surface area contributed by atoms with Crippen molar-refractivity contribution in [3.63, 3.8) is 0 Å². The second kappa shape index (κ2) is 15.6. The van der Waals surface area contributed by atoms with Gasteiger partial charge in [-0.25, -0.2) is 19.8 Å². The maximum Gasteiger partial charge on any atom is 0.343 e. The zero-order valence-electron chi connectivity index (χ0n) is 23.0. The number of rotatable bonds is 12. The van der Waals surface area contributed by atoms with Crippen LogP contribution >= 0.6 is 45.2 Å². The number of esters is 2. The van der Waals surface area contributed by atoms with Crippen LogP contribution in [0.15, 0.2) is 46.7 Å². The summed E-state index contributed by atoms with van der Waals surface area (Å²) in [4.78, 5) is 48.4. The Morgan fingerprint density at radius 3 is 2.40 bits per heavy atom. The number of hydrazone groups is 1. The first-order chi connectivity index (χ1) is 20.1. The Morgan fingerprint density at radius 2 is 1.76 bits per heavy atom. The van der Waals surface area contributed by atoms with Crippen LogP contribution in [0.4, 0.5) is 4.79 Å². The van der Waals surface area contributed by atoms with Gasteiger partial charge >= 0.3 is 18.0 Å². The van der Waals surface area contributed by atoms with Crippen molar-refractivity contribution in [2.75, 3.05) is 34.0 Å². The van der Waals surface area contributed by atoms with E-state index in [2.05, 4.69) is 71.1 Å². The van der Waals surface area contributed by atoms with E-state index in [0.29, 0.717) is 22.6 Å². The van der Waals surface area contributed by atoms with Crippen molar-refractivity contribution in [2.45, 2.75) is 19.9 Å². The van der Waals surface area contributed by atoms with Crippen molar-refractivity contribution in [3.8, 4) is 17.2 Å². The number of hydrogen-bond donors (Lipinski definition) is 3. The number of benzene rings is 2. The van der Waals surface area contributed by atoms with E-state index in [1.54, 1.807) is 44.2 Å². The number of urea groups is 1. The molecule has 1 atom stereocenters. The van der Waals surface area contributed by atoms with Crippen molar-refractivity contribution in [3.05, 3.63) is 59.9 Å². The lowest BCUT2D eigenvalue weighted by Gasteiger charge is -2.28. The molecular formula is C27H28I2N4O9. The van der Waals surface area contributed by atoms with Crippen molar-refractivity contribution in [1.82, 2.24) is 16.1 Å². The van der Waals surface area contributed by atoms with Gasteiger partial charge in [-0.3, -0.25) is 4.79 Å². The predicted octanol–water partition coefficient (Wildman–Crippen LogP) is 3.18. The van der Waals surface area contributed by atoms with Gasteiger partial charge in [0.05, 0.1) is 45.8 Å². The Morgan fingerprint density at radius 1 is 1.05 bits per heavy atom. The van der Waals surface area contributed by atoms with Gasteiger partial charge in [-0.1, -0.05) is 6.07 Å². The lowest BCUT2D eigenvalue weighted by molar-refractivity contribution is -0.143. The molecule has 3 rings (SSSR count). The van der Waals surface area contributed by atoms with Gasteiger partial charge in [0.1, 0.15) is 5.75 Å². The molecule has 13 nitrogen and oxygen atoms in total. The highest BCUT2D eigenvalue weighted by Gasteiger charge is 2.32. The summed E-state index contributed by atoms with van der Waals surface area (Å²) >= 11 is 4.15. The molecule has 0 aliphatic carbocycles. The molecule has 3 amide bonds. The molecule has 1 aliphatic rings. The second-order valence-corrected chi connectivity index (χ2v) is 10.8. The van der Waals surface area contributed by atoms with Crippen molar-refractivity contribution in [1.29, 1.82) is 0 Å². The molecule has 0 spiro atoms. The SMILES string of the molecule is CCOC(=O)C1=C(C)NC(=O)N[C@@H]1c1ccc(OCC(=O)N/N=C\c2cc(I)c(OCC(=O)OC)c(I)c2)c(OC)c1. The van der Waals surface area contributed by atoms with E-state index < -0.39 is 29.9 Å². The molecule has 1 aliphatic heterocycles. The van der Waals surface area contributed by atoms with Gasteiger partial charge in [-0.05, 0) is 94.4 Å². The highest BCUT2D eigenvalue weighted by molar-refractivity contribution is 14.1. The molecule has 0 saturated carbocycles. The average Bonchev–Trinajstić information content (AvgIpc) is 2.95. The first kappa shape index (κ1) is 32.9. The third-order valence-corrected chi connectivity index (χ3v) is 7.23. The highest BCUT2D eigenvalue weighted by atomic mass is 127. The normalized spacial score (nSPS) is 14.5. The number of methoxy groups -OCH3 is 2. The van der Waals surface area contributed by atoms with Crippen LogP contribution in [0.5, 0.6) is 17.2 Å². The maximum absolute atomic E-state index is 12.6. The monoisotopic (exact) mass is 806 g/mol. The largest absolute Gasteiger partial charge is 0.493 e. The van der Waals surface area contributed by atoms with Crippen LogP contribution in [0.25, 0.3) is 0 Å². The Balaban J connectivity index is 1.64. The first-order valence-electron chi connectivity index (χ1n) is 12.3. The fraction of sp³-hybridized carbons (Fsp3) is 0.296. The number of carbonyl (C=O) groups is 4. The molecule has 15 heteroatoms. The molecule has 0 bridgehead atoms. The zero-order chi connectivity index (χ0) is 30.8. The summed E-state index contributed by atoms with van der Waals surface area (Å²) in [5.41, 5.74) is 4.29. The minimum atomic E-state index is -0.780. The Labute approximate surface area is 269 Å². The average molecular weight is 806 g/mol. The van der Waals surface area contributed by atoms with Crippen LogP contribution in [0.2, 0.25) is 0 Å². The van der Waals surface area contributed by atoms with Crippen molar-refractivity contribution < 1.29 is 42.9 Å². The van der Waals surface area contributed by atoms with E-state index in [-0.39, 0.29) is 36.9 Å². The van der Waals surface area contributed by atoms with Gasteiger partial charge in [-0.2, -0.15) is 5.10 Å². The summed E-state index contributed by atoms with van der Waals surface area (Å²) in [6, 6.07) is 7.15. The lowest BCUT2D eigenvalue weighted by Crippen LogP contribution is -2.45. The van der Waals surface area contributed by atoms with Crippen LogP contribution in [-0.2, 0) is 23.9 Å². The van der Waals surface area contributed by atoms with E-state index in [1.165, 1.54) is 20.4 Å². The number of allylic oxidation sites excluding steroid dienone is 1. The van der Waals surface area contributed by atoms with Crippen LogP contribution in [0.3, 0.4) is 0 Å². The smallest absolute Gasteiger partial charge is 0.343 e. The molecule has 0 radical (unpaired) electrons. The molecule has 3 N–H and O–H groups in total. The van der Waals surface area contributed by atoms with Gasteiger partial charge in [0, 0.05) is 5.70 Å².